The number of aryl methyl sites for hydroxylation is 1. The largest absolute Gasteiger partial charge is 0.313 e. The van der Waals surface area contributed by atoms with Crippen LogP contribution in [0.5, 0.6) is 0 Å². The predicted octanol–water partition coefficient (Wildman–Crippen LogP) is 3.66. The second-order valence-electron chi connectivity index (χ2n) is 4.40. The van der Waals surface area contributed by atoms with E-state index >= 15 is 0 Å². The van der Waals surface area contributed by atoms with Crippen molar-refractivity contribution >= 4 is 21.6 Å². The maximum absolute atomic E-state index is 11.5. The normalized spacial score (nSPS) is 10.9. The summed E-state index contributed by atoms with van der Waals surface area (Å²) in [6.45, 7) is 3.72. The Hall–Kier alpha value is -1.42. The summed E-state index contributed by atoms with van der Waals surface area (Å²) in [6.07, 6.45) is 10.5. The van der Waals surface area contributed by atoms with Crippen molar-refractivity contribution in [3.63, 3.8) is 0 Å². The highest BCUT2D eigenvalue weighted by Crippen LogP contribution is 2.22. The summed E-state index contributed by atoms with van der Waals surface area (Å²) >= 11 is 1.63. The molecule has 2 heterocycles. The maximum Gasteiger partial charge on any atom is 0.259 e. The van der Waals surface area contributed by atoms with Gasteiger partial charge in [-0.2, -0.15) is 0 Å². The van der Waals surface area contributed by atoms with Gasteiger partial charge in [0.2, 0.25) is 0 Å². The Kier molecular flexibility index (Phi) is 4.70. The van der Waals surface area contributed by atoms with Crippen LogP contribution in [0.1, 0.15) is 37.0 Å². The quantitative estimate of drug-likeness (QED) is 0.611. The third-order valence-electron chi connectivity index (χ3n) is 2.97. The number of hydrogen-bond donors (Lipinski definition) is 1. The molecule has 2 rings (SSSR count). The summed E-state index contributed by atoms with van der Waals surface area (Å²) in [6, 6.07) is 1.98. The van der Waals surface area contributed by atoms with Gasteiger partial charge in [-0.15, -0.1) is 17.9 Å². The van der Waals surface area contributed by atoms with E-state index in [4.69, 9.17) is 0 Å². The van der Waals surface area contributed by atoms with E-state index in [9.17, 15) is 4.79 Å². The number of thiophene rings is 1. The van der Waals surface area contributed by atoms with Crippen molar-refractivity contribution in [2.45, 2.75) is 38.5 Å². The smallest absolute Gasteiger partial charge is 0.259 e. The van der Waals surface area contributed by atoms with Crippen molar-refractivity contribution in [1.82, 2.24) is 9.97 Å². The molecule has 0 bridgehead atoms. The molecule has 3 nitrogen and oxygen atoms in total. The molecule has 0 amide bonds. The van der Waals surface area contributed by atoms with Crippen LogP contribution in [0.15, 0.2) is 29.8 Å². The van der Waals surface area contributed by atoms with Crippen LogP contribution in [0.4, 0.5) is 0 Å². The van der Waals surface area contributed by atoms with Crippen LogP contribution in [-0.2, 0) is 6.42 Å². The number of nitrogens with zero attached hydrogens (tertiary/aromatic N) is 1. The lowest BCUT2D eigenvalue weighted by Gasteiger charge is -1.97. The highest BCUT2D eigenvalue weighted by molar-refractivity contribution is 7.18. The number of allylic oxidation sites excluding steroid dienone is 1. The SMILES string of the molecule is C=CCCCCCCc1cc2c(=O)[nH]cnc2s1. The van der Waals surface area contributed by atoms with Crippen molar-refractivity contribution in [2.24, 2.45) is 0 Å². The van der Waals surface area contributed by atoms with Gasteiger partial charge < -0.3 is 4.98 Å². The van der Waals surface area contributed by atoms with E-state index in [2.05, 4.69) is 16.5 Å². The molecular weight excluding hydrogens is 244 g/mol. The molecule has 0 aromatic carbocycles. The van der Waals surface area contributed by atoms with Crippen LogP contribution in [-0.4, -0.2) is 9.97 Å². The minimum absolute atomic E-state index is 0.0338. The van der Waals surface area contributed by atoms with Crippen LogP contribution in [0, 0.1) is 0 Å². The van der Waals surface area contributed by atoms with E-state index in [0.29, 0.717) is 0 Å². The molecule has 0 saturated carbocycles. The Morgan fingerprint density at radius 2 is 2.17 bits per heavy atom. The number of fused-ring (bicyclic) bond motifs is 1. The zero-order valence-corrected chi connectivity index (χ0v) is 11.3. The molecule has 0 fully saturated rings. The minimum Gasteiger partial charge on any atom is -0.313 e. The number of aromatic nitrogens is 2. The fourth-order valence-corrected chi connectivity index (χ4v) is 3.02. The van der Waals surface area contributed by atoms with Gasteiger partial charge in [0.1, 0.15) is 4.83 Å². The zero-order chi connectivity index (χ0) is 12.8. The molecule has 0 unspecified atom stereocenters. The Bertz CT molecular complexity index is 570. The van der Waals surface area contributed by atoms with E-state index in [1.54, 1.807) is 11.3 Å². The van der Waals surface area contributed by atoms with E-state index in [1.165, 1.54) is 36.9 Å². The first kappa shape index (κ1) is 13.0. The fourth-order valence-electron chi connectivity index (χ4n) is 1.98. The molecule has 1 N–H and O–H groups in total. The summed E-state index contributed by atoms with van der Waals surface area (Å²) in [5, 5.41) is 0.726. The Morgan fingerprint density at radius 3 is 2.94 bits per heavy atom. The maximum atomic E-state index is 11.5. The minimum atomic E-state index is -0.0338. The van der Waals surface area contributed by atoms with Gasteiger partial charge in [-0.3, -0.25) is 4.79 Å². The molecule has 0 aliphatic carbocycles. The molecule has 0 saturated heterocycles. The second-order valence-corrected chi connectivity index (χ2v) is 5.52. The molecule has 0 atom stereocenters. The molecule has 0 aliphatic rings. The Labute approximate surface area is 111 Å². The molecule has 96 valence electrons. The second kappa shape index (κ2) is 6.50. The molecular formula is C14H18N2OS. The van der Waals surface area contributed by atoms with Gasteiger partial charge in [0, 0.05) is 4.88 Å². The average molecular weight is 262 g/mol. The Balaban J connectivity index is 1.87. The van der Waals surface area contributed by atoms with Gasteiger partial charge in [0.05, 0.1) is 11.7 Å². The monoisotopic (exact) mass is 262 g/mol. The first-order chi connectivity index (χ1) is 8.81. The highest BCUT2D eigenvalue weighted by Gasteiger charge is 2.05. The molecule has 2 aromatic rings. The highest BCUT2D eigenvalue weighted by atomic mass is 32.1. The summed E-state index contributed by atoms with van der Waals surface area (Å²) in [5.41, 5.74) is -0.0338. The van der Waals surface area contributed by atoms with E-state index in [0.717, 1.165) is 23.1 Å². The number of H-pyrrole nitrogens is 1. The number of rotatable bonds is 7. The average Bonchev–Trinajstić information content (AvgIpc) is 2.78. The van der Waals surface area contributed by atoms with E-state index < -0.39 is 0 Å². The van der Waals surface area contributed by atoms with Crippen LogP contribution in [0.3, 0.4) is 0 Å². The van der Waals surface area contributed by atoms with Crippen molar-refractivity contribution < 1.29 is 0 Å². The number of nitrogens with one attached hydrogen (secondary N) is 1. The van der Waals surface area contributed by atoms with Crippen molar-refractivity contribution in [3.05, 3.63) is 40.3 Å². The molecule has 18 heavy (non-hydrogen) atoms. The van der Waals surface area contributed by atoms with Crippen molar-refractivity contribution in [2.75, 3.05) is 0 Å². The molecule has 0 aliphatic heterocycles. The first-order valence-electron chi connectivity index (χ1n) is 6.38. The van der Waals surface area contributed by atoms with Gasteiger partial charge in [0.15, 0.2) is 0 Å². The summed E-state index contributed by atoms with van der Waals surface area (Å²) < 4.78 is 0. The number of unbranched alkanes of at least 4 members (excludes halogenated alkanes) is 4. The van der Waals surface area contributed by atoms with Crippen LogP contribution in [0.25, 0.3) is 10.2 Å². The van der Waals surface area contributed by atoms with Gasteiger partial charge in [-0.25, -0.2) is 4.98 Å². The van der Waals surface area contributed by atoms with Crippen LogP contribution in [0.2, 0.25) is 0 Å². The summed E-state index contributed by atoms with van der Waals surface area (Å²) in [5.74, 6) is 0. The lowest BCUT2D eigenvalue weighted by atomic mass is 10.1. The van der Waals surface area contributed by atoms with Gasteiger partial charge >= 0.3 is 0 Å². The van der Waals surface area contributed by atoms with Crippen LogP contribution < -0.4 is 5.56 Å². The third-order valence-corrected chi connectivity index (χ3v) is 4.07. The van der Waals surface area contributed by atoms with Gasteiger partial charge in [0.25, 0.3) is 5.56 Å². The fraction of sp³-hybridized carbons (Fsp3) is 0.429. The third kappa shape index (κ3) is 3.29. The molecule has 0 spiro atoms. The summed E-state index contributed by atoms with van der Waals surface area (Å²) in [4.78, 5) is 20.4. The van der Waals surface area contributed by atoms with E-state index in [1.807, 2.05) is 12.1 Å². The van der Waals surface area contributed by atoms with Crippen LogP contribution >= 0.6 is 11.3 Å². The lowest BCUT2D eigenvalue weighted by Crippen LogP contribution is -2.03. The zero-order valence-electron chi connectivity index (χ0n) is 10.4. The summed E-state index contributed by atoms with van der Waals surface area (Å²) in [7, 11) is 0. The first-order valence-corrected chi connectivity index (χ1v) is 7.20. The van der Waals surface area contributed by atoms with Gasteiger partial charge in [-0.05, 0) is 31.7 Å². The van der Waals surface area contributed by atoms with Crippen molar-refractivity contribution in [1.29, 1.82) is 0 Å². The Morgan fingerprint density at radius 1 is 1.33 bits per heavy atom. The lowest BCUT2D eigenvalue weighted by molar-refractivity contribution is 0.649. The number of hydrogen-bond acceptors (Lipinski definition) is 3. The molecule has 4 heteroatoms. The topological polar surface area (TPSA) is 45.8 Å². The van der Waals surface area contributed by atoms with Gasteiger partial charge in [-0.1, -0.05) is 18.9 Å². The molecule has 0 radical (unpaired) electrons. The standard InChI is InChI=1S/C14H18N2OS/c1-2-3-4-5-6-7-8-11-9-12-13(17)15-10-16-14(12)18-11/h2,9-10H,1,3-8H2,(H,15,16,17). The van der Waals surface area contributed by atoms with E-state index in [-0.39, 0.29) is 5.56 Å². The number of aromatic amines is 1. The predicted molar refractivity (Wildman–Crippen MR) is 77.2 cm³/mol. The molecule has 2 aromatic heterocycles. The van der Waals surface area contributed by atoms with Crippen molar-refractivity contribution in [3.8, 4) is 0 Å².